The maximum absolute atomic E-state index is 2.34. The van der Waals surface area contributed by atoms with E-state index in [0.717, 1.165) is 6.85 Å². The molecule has 9 heavy (non-hydrogen) atoms. The summed E-state index contributed by atoms with van der Waals surface area (Å²) in [5.74, 6) is 0. The Hall–Kier alpha value is -0.235. The van der Waals surface area contributed by atoms with E-state index < -0.39 is 0 Å². The van der Waals surface area contributed by atoms with Crippen LogP contribution in [0.15, 0.2) is 11.6 Å². The van der Waals surface area contributed by atoms with Crippen LogP contribution in [0.5, 0.6) is 0 Å². The Bertz CT molecular complexity index is 129. The van der Waals surface area contributed by atoms with E-state index in [2.05, 4.69) is 31.9 Å². The van der Waals surface area contributed by atoms with Gasteiger partial charge in [-0.05, 0) is 33.7 Å². The highest BCUT2D eigenvalue weighted by molar-refractivity contribution is 6.58. The Morgan fingerprint density at radius 2 is 2.22 bits per heavy atom. The summed E-state index contributed by atoms with van der Waals surface area (Å²) < 4.78 is 0. The maximum atomic E-state index is 2.34. The summed E-state index contributed by atoms with van der Waals surface area (Å²) in [4.78, 5) is 2.30. The molecule has 2 heteroatoms. The summed E-state index contributed by atoms with van der Waals surface area (Å²) in [7, 11) is 4.30. The van der Waals surface area contributed by atoms with Crippen LogP contribution >= 0.6 is 0 Å². The molecule has 1 heterocycles. The third-order valence-electron chi connectivity index (χ3n) is 2.03. The highest BCUT2D eigenvalue weighted by atomic mass is 15.0. The van der Waals surface area contributed by atoms with Crippen molar-refractivity contribution in [2.45, 2.75) is 19.6 Å². The largest absolute Gasteiger partial charge is 0.347 e. The van der Waals surface area contributed by atoms with Gasteiger partial charge in [-0.1, -0.05) is 11.6 Å². The van der Waals surface area contributed by atoms with Crippen LogP contribution in [-0.4, -0.2) is 25.8 Å². The van der Waals surface area contributed by atoms with Crippen molar-refractivity contribution in [3.8, 4) is 0 Å². The van der Waals surface area contributed by atoms with Crippen molar-refractivity contribution in [2.24, 2.45) is 0 Å². The van der Waals surface area contributed by atoms with E-state index in [9.17, 15) is 0 Å². The molecule has 1 rings (SSSR count). The number of allylic oxidation sites excluding steroid dienone is 2. The number of hydrogen-bond acceptors (Lipinski definition) is 1. The number of rotatable bonds is 1. The zero-order chi connectivity index (χ0) is 6.85. The van der Waals surface area contributed by atoms with Gasteiger partial charge in [-0.2, -0.15) is 0 Å². The molecule has 1 aliphatic rings. The van der Waals surface area contributed by atoms with E-state index in [1.165, 1.54) is 12.6 Å². The SMILES string of the molecule is CC1=CCB(N(C)C)C1. The van der Waals surface area contributed by atoms with Gasteiger partial charge in [0, 0.05) is 0 Å². The summed E-state index contributed by atoms with van der Waals surface area (Å²) >= 11 is 0. The highest BCUT2D eigenvalue weighted by Crippen LogP contribution is 2.19. The first-order valence-electron chi connectivity index (χ1n) is 3.52. The minimum atomic E-state index is 0.782. The zero-order valence-corrected chi connectivity index (χ0v) is 6.52. The normalized spacial score (nSPS) is 19.1. The third kappa shape index (κ3) is 1.58. The Morgan fingerprint density at radius 1 is 1.56 bits per heavy atom. The lowest BCUT2D eigenvalue weighted by Crippen LogP contribution is -2.29. The first kappa shape index (κ1) is 6.88. The standard InChI is InChI=1S/C7H14BN/c1-7-4-5-8(6-7)9(2)3/h4H,5-6H2,1-3H3. The van der Waals surface area contributed by atoms with Gasteiger partial charge in [0.2, 0.25) is 6.85 Å². The Kier molecular flexibility index (Phi) is 1.96. The Balaban J connectivity index is 2.37. The second-order valence-corrected chi connectivity index (χ2v) is 3.11. The van der Waals surface area contributed by atoms with Gasteiger partial charge < -0.3 is 4.81 Å². The lowest BCUT2D eigenvalue weighted by Gasteiger charge is -2.14. The summed E-state index contributed by atoms with van der Waals surface area (Å²) in [6.45, 7) is 2.99. The van der Waals surface area contributed by atoms with Crippen LogP contribution in [0.3, 0.4) is 0 Å². The molecule has 0 saturated heterocycles. The molecule has 0 spiro atoms. The van der Waals surface area contributed by atoms with Crippen molar-refractivity contribution in [1.82, 2.24) is 4.81 Å². The van der Waals surface area contributed by atoms with Crippen LogP contribution in [0.25, 0.3) is 0 Å². The molecule has 0 aromatic rings. The fraction of sp³-hybridized carbons (Fsp3) is 0.714. The van der Waals surface area contributed by atoms with Crippen molar-refractivity contribution in [3.63, 3.8) is 0 Å². The fourth-order valence-corrected chi connectivity index (χ4v) is 1.27. The Morgan fingerprint density at radius 3 is 2.44 bits per heavy atom. The van der Waals surface area contributed by atoms with Gasteiger partial charge in [0.25, 0.3) is 0 Å². The summed E-state index contributed by atoms with van der Waals surface area (Å²) in [5.41, 5.74) is 1.55. The van der Waals surface area contributed by atoms with Crippen LogP contribution in [0.2, 0.25) is 12.6 Å². The minimum Gasteiger partial charge on any atom is -0.347 e. The van der Waals surface area contributed by atoms with Crippen LogP contribution < -0.4 is 0 Å². The van der Waals surface area contributed by atoms with Crippen molar-refractivity contribution in [2.75, 3.05) is 14.1 Å². The van der Waals surface area contributed by atoms with Gasteiger partial charge in [0.1, 0.15) is 0 Å². The predicted octanol–water partition coefficient (Wildman–Crippen LogP) is 1.50. The van der Waals surface area contributed by atoms with Gasteiger partial charge in [-0.15, -0.1) is 0 Å². The molecule has 1 aliphatic heterocycles. The third-order valence-corrected chi connectivity index (χ3v) is 2.03. The highest BCUT2D eigenvalue weighted by Gasteiger charge is 2.20. The van der Waals surface area contributed by atoms with Crippen LogP contribution in [0, 0.1) is 0 Å². The molecule has 0 aliphatic carbocycles. The second-order valence-electron chi connectivity index (χ2n) is 3.11. The van der Waals surface area contributed by atoms with E-state index in [1.54, 1.807) is 5.57 Å². The van der Waals surface area contributed by atoms with Crippen LogP contribution in [-0.2, 0) is 0 Å². The smallest absolute Gasteiger partial charge is 0.230 e. The lowest BCUT2D eigenvalue weighted by atomic mass is 9.58. The molecule has 50 valence electrons. The molecule has 0 radical (unpaired) electrons. The molecule has 0 aromatic heterocycles. The molecule has 1 nitrogen and oxygen atoms in total. The van der Waals surface area contributed by atoms with Gasteiger partial charge in [-0.25, -0.2) is 0 Å². The summed E-state index contributed by atoms with van der Waals surface area (Å²) in [6.07, 6.45) is 4.86. The molecule has 0 unspecified atom stereocenters. The molecule has 0 saturated carbocycles. The quantitative estimate of drug-likeness (QED) is 0.377. The number of hydrogen-bond donors (Lipinski definition) is 0. The van der Waals surface area contributed by atoms with Gasteiger partial charge in [0.05, 0.1) is 0 Å². The fourth-order valence-electron chi connectivity index (χ4n) is 1.27. The molecular formula is C7H14BN. The average molecular weight is 123 g/mol. The number of nitrogens with zero attached hydrogens (tertiary/aromatic N) is 1. The second kappa shape index (κ2) is 2.57. The van der Waals surface area contributed by atoms with E-state index >= 15 is 0 Å². The molecule has 0 N–H and O–H groups in total. The van der Waals surface area contributed by atoms with E-state index in [4.69, 9.17) is 0 Å². The molecule has 0 aromatic carbocycles. The first-order valence-corrected chi connectivity index (χ1v) is 3.52. The van der Waals surface area contributed by atoms with E-state index in [0.29, 0.717) is 0 Å². The maximum Gasteiger partial charge on any atom is 0.230 e. The summed E-state index contributed by atoms with van der Waals surface area (Å²) in [6, 6.07) is 0. The molecule has 0 bridgehead atoms. The van der Waals surface area contributed by atoms with Crippen molar-refractivity contribution < 1.29 is 0 Å². The lowest BCUT2D eigenvalue weighted by molar-refractivity contribution is 0.641. The zero-order valence-electron chi connectivity index (χ0n) is 6.52. The van der Waals surface area contributed by atoms with Crippen LogP contribution in [0.1, 0.15) is 6.92 Å². The van der Waals surface area contributed by atoms with Gasteiger partial charge in [0.15, 0.2) is 0 Å². The molecule has 0 amide bonds. The first-order chi connectivity index (χ1) is 4.20. The monoisotopic (exact) mass is 123 g/mol. The van der Waals surface area contributed by atoms with Gasteiger partial charge in [-0.3, -0.25) is 0 Å². The van der Waals surface area contributed by atoms with E-state index in [-0.39, 0.29) is 0 Å². The van der Waals surface area contributed by atoms with Crippen molar-refractivity contribution in [3.05, 3.63) is 11.6 Å². The van der Waals surface area contributed by atoms with E-state index in [1.807, 2.05) is 0 Å². The van der Waals surface area contributed by atoms with Crippen molar-refractivity contribution >= 4 is 6.85 Å². The average Bonchev–Trinajstić information content (AvgIpc) is 2.14. The van der Waals surface area contributed by atoms with Crippen molar-refractivity contribution in [1.29, 1.82) is 0 Å². The predicted molar refractivity (Wildman–Crippen MR) is 42.8 cm³/mol. The summed E-state index contributed by atoms with van der Waals surface area (Å²) in [5, 5.41) is 0. The molecule has 0 atom stereocenters. The topological polar surface area (TPSA) is 3.24 Å². The minimum absolute atomic E-state index is 0.782. The Labute approximate surface area is 57.8 Å². The van der Waals surface area contributed by atoms with Crippen LogP contribution in [0.4, 0.5) is 0 Å². The van der Waals surface area contributed by atoms with Gasteiger partial charge >= 0.3 is 0 Å². The molecular weight excluding hydrogens is 109 g/mol. The molecule has 0 fully saturated rings.